The van der Waals surface area contributed by atoms with Crippen molar-refractivity contribution in [2.75, 3.05) is 11.9 Å². The highest BCUT2D eigenvalue weighted by Crippen LogP contribution is 2.17. The maximum absolute atomic E-state index is 12.4. The highest BCUT2D eigenvalue weighted by atomic mass is 32.2. The topological polar surface area (TPSA) is 96.5 Å². The molecule has 174 valence electrons. The van der Waals surface area contributed by atoms with E-state index in [0.717, 1.165) is 19.3 Å². The summed E-state index contributed by atoms with van der Waals surface area (Å²) in [5.41, 5.74) is 0.423. The van der Waals surface area contributed by atoms with Gasteiger partial charge in [-0.3, -0.25) is 10.1 Å². The molecule has 0 spiro atoms. The van der Waals surface area contributed by atoms with E-state index in [9.17, 15) is 13.2 Å². The van der Waals surface area contributed by atoms with E-state index < -0.39 is 15.6 Å². The Hall–Kier alpha value is -2.49. The zero-order valence-electron chi connectivity index (χ0n) is 18.9. The maximum atomic E-state index is 12.4. The average molecular weight is 478 g/mol. The first kappa shape index (κ1) is 25.8. The molecule has 2 aromatic rings. The second-order valence-corrected chi connectivity index (χ2v) is 10.5. The van der Waals surface area contributed by atoms with E-state index in [1.165, 1.54) is 12.1 Å². The van der Waals surface area contributed by atoms with Gasteiger partial charge in [0.25, 0.3) is 5.91 Å². The van der Waals surface area contributed by atoms with Crippen LogP contribution in [0.1, 0.15) is 57.3 Å². The molecule has 9 heteroatoms. The number of carbonyl (C=O) groups excluding carboxylic acids is 1. The molecule has 0 saturated heterocycles. The van der Waals surface area contributed by atoms with Crippen molar-refractivity contribution in [3.05, 3.63) is 54.1 Å². The number of carbonyl (C=O) groups is 1. The zero-order chi connectivity index (χ0) is 23.8. The van der Waals surface area contributed by atoms with Crippen molar-refractivity contribution in [1.29, 1.82) is 0 Å². The number of thiocarbonyl (C=S) groups is 1. The molecule has 0 bridgehead atoms. The molecule has 2 aromatic carbocycles. The van der Waals surface area contributed by atoms with Crippen LogP contribution in [-0.4, -0.2) is 31.6 Å². The van der Waals surface area contributed by atoms with E-state index in [-0.39, 0.29) is 15.9 Å². The molecule has 0 aliphatic carbocycles. The molecule has 32 heavy (non-hydrogen) atoms. The Bertz CT molecular complexity index is 1010. The lowest BCUT2D eigenvalue weighted by Gasteiger charge is -2.20. The Kier molecular flexibility index (Phi) is 9.18. The monoisotopic (exact) mass is 477 g/mol. The molecule has 0 aromatic heterocycles. The summed E-state index contributed by atoms with van der Waals surface area (Å²) in [6, 6.07) is 13.0. The van der Waals surface area contributed by atoms with Gasteiger partial charge in [-0.05, 0) is 87.9 Å². The van der Waals surface area contributed by atoms with Crippen molar-refractivity contribution in [3.8, 4) is 5.75 Å². The van der Waals surface area contributed by atoms with Gasteiger partial charge in [0, 0.05) is 16.8 Å². The van der Waals surface area contributed by atoms with Crippen molar-refractivity contribution in [2.45, 2.75) is 57.4 Å². The lowest BCUT2D eigenvalue weighted by Crippen LogP contribution is -2.40. The molecule has 7 nitrogen and oxygen atoms in total. The first-order chi connectivity index (χ1) is 15.0. The Balaban J connectivity index is 1.90. The van der Waals surface area contributed by atoms with E-state index in [1.807, 2.05) is 0 Å². The lowest BCUT2D eigenvalue weighted by atomic mass is 10.1. The van der Waals surface area contributed by atoms with Gasteiger partial charge in [0.1, 0.15) is 5.75 Å². The second-order valence-electron chi connectivity index (χ2n) is 8.37. The molecule has 0 aliphatic rings. The molecule has 0 radical (unpaired) electrons. The van der Waals surface area contributed by atoms with Crippen LogP contribution in [0.15, 0.2) is 53.4 Å². The third-order valence-corrected chi connectivity index (χ3v) is 6.20. The number of anilines is 1. The van der Waals surface area contributed by atoms with E-state index in [4.69, 9.17) is 17.0 Å². The summed E-state index contributed by atoms with van der Waals surface area (Å²) in [6.45, 7) is 8.11. The third kappa shape index (κ3) is 8.57. The number of hydrogen-bond donors (Lipinski definition) is 3. The Labute approximate surface area is 196 Å². The van der Waals surface area contributed by atoms with Crippen LogP contribution < -0.4 is 20.1 Å². The molecule has 0 heterocycles. The molecule has 0 saturated carbocycles. The number of sulfonamides is 1. The Morgan fingerprint density at radius 2 is 1.62 bits per heavy atom. The SMILES string of the molecule is CCCCCOc1ccc(C(=O)NC(=S)Nc2ccc(S(=O)(=O)NC(C)(C)C)cc2)cc1. The summed E-state index contributed by atoms with van der Waals surface area (Å²) >= 11 is 5.20. The first-order valence-corrected chi connectivity index (χ1v) is 12.4. The Morgan fingerprint density at radius 1 is 1.00 bits per heavy atom. The predicted molar refractivity (Wildman–Crippen MR) is 132 cm³/mol. The fraction of sp³-hybridized carbons (Fsp3) is 0.391. The fourth-order valence-electron chi connectivity index (χ4n) is 2.76. The van der Waals surface area contributed by atoms with Crippen molar-refractivity contribution >= 4 is 38.9 Å². The number of hydrogen-bond acceptors (Lipinski definition) is 5. The van der Waals surface area contributed by atoms with Crippen molar-refractivity contribution < 1.29 is 17.9 Å². The summed E-state index contributed by atoms with van der Waals surface area (Å²) in [7, 11) is -3.62. The molecule has 1 amide bonds. The van der Waals surface area contributed by atoms with Crippen LogP contribution in [0.5, 0.6) is 5.75 Å². The summed E-state index contributed by atoms with van der Waals surface area (Å²) in [6.07, 6.45) is 3.25. The number of amides is 1. The maximum Gasteiger partial charge on any atom is 0.257 e. The van der Waals surface area contributed by atoms with Crippen LogP contribution >= 0.6 is 12.2 Å². The summed E-state index contributed by atoms with van der Waals surface area (Å²) < 4.78 is 33.0. The standard InChI is InChI=1S/C23H31N3O4S2/c1-5-6-7-16-30-19-12-8-17(9-13-19)21(27)25-22(31)24-18-10-14-20(15-11-18)32(28,29)26-23(2,3)4/h8-15,26H,5-7,16H2,1-4H3,(H2,24,25,27,31). The molecule has 0 aliphatic heterocycles. The first-order valence-electron chi connectivity index (χ1n) is 10.5. The van der Waals surface area contributed by atoms with Gasteiger partial charge in [0.15, 0.2) is 5.11 Å². The summed E-state index contributed by atoms with van der Waals surface area (Å²) in [5.74, 6) is 0.364. The zero-order valence-corrected chi connectivity index (χ0v) is 20.5. The number of ether oxygens (including phenoxy) is 1. The predicted octanol–water partition coefficient (Wildman–Crippen LogP) is 4.46. The number of nitrogens with one attached hydrogen (secondary N) is 3. The van der Waals surface area contributed by atoms with E-state index in [0.29, 0.717) is 23.6 Å². The lowest BCUT2D eigenvalue weighted by molar-refractivity contribution is 0.0977. The highest BCUT2D eigenvalue weighted by molar-refractivity contribution is 7.89. The van der Waals surface area contributed by atoms with Crippen molar-refractivity contribution in [3.63, 3.8) is 0 Å². The minimum absolute atomic E-state index is 0.110. The molecule has 0 atom stereocenters. The second kappa shape index (κ2) is 11.4. The number of unbranched alkanes of at least 4 members (excludes halogenated alkanes) is 2. The van der Waals surface area contributed by atoms with E-state index in [1.54, 1.807) is 57.2 Å². The van der Waals surface area contributed by atoms with Crippen molar-refractivity contribution in [2.24, 2.45) is 0 Å². The van der Waals surface area contributed by atoms with Crippen LogP contribution in [0.3, 0.4) is 0 Å². The smallest absolute Gasteiger partial charge is 0.257 e. The average Bonchev–Trinajstić information content (AvgIpc) is 2.70. The van der Waals surface area contributed by atoms with E-state index in [2.05, 4.69) is 22.3 Å². The van der Waals surface area contributed by atoms with Crippen LogP contribution in [0.2, 0.25) is 0 Å². The van der Waals surface area contributed by atoms with Gasteiger partial charge in [-0.1, -0.05) is 19.8 Å². The fourth-order valence-corrected chi connectivity index (χ4v) is 4.39. The summed E-state index contributed by atoms with van der Waals surface area (Å²) in [5, 5.41) is 5.60. The third-order valence-electron chi connectivity index (χ3n) is 4.22. The molecular weight excluding hydrogens is 446 g/mol. The molecule has 3 N–H and O–H groups in total. The molecule has 2 rings (SSSR count). The minimum Gasteiger partial charge on any atom is -0.494 e. The van der Waals surface area contributed by atoms with Crippen LogP contribution in [0, 0.1) is 0 Å². The molecule has 0 unspecified atom stereocenters. The molecule has 0 fully saturated rings. The van der Waals surface area contributed by atoms with Gasteiger partial charge < -0.3 is 10.1 Å². The van der Waals surface area contributed by atoms with Gasteiger partial charge in [0.2, 0.25) is 10.0 Å². The largest absolute Gasteiger partial charge is 0.494 e. The van der Waals surface area contributed by atoms with Gasteiger partial charge in [-0.15, -0.1) is 0 Å². The van der Waals surface area contributed by atoms with Crippen molar-refractivity contribution in [1.82, 2.24) is 10.0 Å². The van der Waals surface area contributed by atoms with Crippen LogP contribution in [-0.2, 0) is 10.0 Å². The van der Waals surface area contributed by atoms with Crippen LogP contribution in [0.4, 0.5) is 5.69 Å². The minimum atomic E-state index is -3.62. The molecular formula is C23H31N3O4S2. The quantitative estimate of drug-likeness (QED) is 0.365. The van der Waals surface area contributed by atoms with Gasteiger partial charge in [-0.25, -0.2) is 13.1 Å². The van der Waals surface area contributed by atoms with Gasteiger partial charge in [-0.2, -0.15) is 0 Å². The van der Waals surface area contributed by atoms with E-state index >= 15 is 0 Å². The number of rotatable bonds is 9. The highest BCUT2D eigenvalue weighted by Gasteiger charge is 2.21. The Morgan fingerprint density at radius 3 is 2.19 bits per heavy atom. The summed E-state index contributed by atoms with van der Waals surface area (Å²) in [4.78, 5) is 12.6. The normalized spacial score (nSPS) is 11.6. The van der Waals surface area contributed by atoms with Crippen LogP contribution in [0.25, 0.3) is 0 Å². The number of benzene rings is 2. The van der Waals surface area contributed by atoms with Gasteiger partial charge >= 0.3 is 0 Å². The van der Waals surface area contributed by atoms with Gasteiger partial charge in [0.05, 0.1) is 11.5 Å².